The van der Waals surface area contributed by atoms with Crippen molar-refractivity contribution in [1.82, 2.24) is 9.55 Å². The molecule has 1 aliphatic heterocycles. The van der Waals surface area contributed by atoms with Crippen LogP contribution in [-0.2, 0) is 11.0 Å². The number of fused-ring (bicyclic) bond motifs is 3. The van der Waals surface area contributed by atoms with Crippen LogP contribution < -0.4 is 10.6 Å². The van der Waals surface area contributed by atoms with Gasteiger partial charge in [-0.3, -0.25) is 9.36 Å². The third-order valence-electron chi connectivity index (χ3n) is 5.64. The Morgan fingerprint density at radius 2 is 1.73 bits per heavy atom. The van der Waals surface area contributed by atoms with Crippen LogP contribution in [0.4, 0.5) is 24.8 Å². The van der Waals surface area contributed by atoms with Gasteiger partial charge in [-0.05, 0) is 42.8 Å². The van der Waals surface area contributed by atoms with Crippen LogP contribution in [0.15, 0.2) is 90.1 Å². The minimum Gasteiger partial charge on any atom is -0.329 e. The molecule has 0 saturated carbocycles. The molecule has 5 rings (SSSR count). The van der Waals surface area contributed by atoms with Crippen LogP contribution in [-0.4, -0.2) is 15.5 Å². The van der Waals surface area contributed by atoms with E-state index in [1.165, 1.54) is 12.1 Å². The summed E-state index contributed by atoms with van der Waals surface area (Å²) in [7, 11) is 0. The summed E-state index contributed by atoms with van der Waals surface area (Å²) in [5, 5.41) is 5.85. The van der Waals surface area contributed by atoms with Gasteiger partial charge in [0.15, 0.2) is 0 Å². The summed E-state index contributed by atoms with van der Waals surface area (Å²) < 4.78 is 41.4. The zero-order valence-corrected chi connectivity index (χ0v) is 17.5. The van der Waals surface area contributed by atoms with Gasteiger partial charge in [0.05, 0.1) is 28.2 Å². The zero-order chi connectivity index (χ0) is 23.2. The number of hydrogen-bond donors (Lipinski definition) is 2. The summed E-state index contributed by atoms with van der Waals surface area (Å²) >= 11 is 0. The molecule has 1 aliphatic rings. The molecule has 166 valence electrons. The van der Waals surface area contributed by atoms with E-state index in [1.807, 2.05) is 59.2 Å². The van der Waals surface area contributed by atoms with Crippen LogP contribution >= 0.6 is 0 Å². The number of hydrogen-bond acceptors (Lipinski definition) is 3. The lowest BCUT2D eigenvalue weighted by Crippen LogP contribution is -2.31. The van der Waals surface area contributed by atoms with Crippen LogP contribution in [0.2, 0.25) is 0 Å². The predicted molar refractivity (Wildman–Crippen MR) is 121 cm³/mol. The number of anilines is 2. The highest BCUT2D eigenvalue weighted by Gasteiger charge is 2.35. The Hall–Kier alpha value is -4.07. The zero-order valence-electron chi connectivity index (χ0n) is 17.5. The Balaban J connectivity index is 1.60. The third-order valence-corrected chi connectivity index (χ3v) is 5.64. The Bertz CT molecular complexity index is 1390. The van der Waals surface area contributed by atoms with Gasteiger partial charge in [0.25, 0.3) is 5.91 Å². The monoisotopic (exact) mass is 448 g/mol. The average Bonchev–Trinajstić information content (AvgIpc) is 3.16. The summed E-state index contributed by atoms with van der Waals surface area (Å²) in [6.45, 7) is 1.76. The number of nitrogens with zero attached hydrogens (tertiary/aromatic N) is 2. The fourth-order valence-electron chi connectivity index (χ4n) is 4.18. The topological polar surface area (TPSA) is 59.0 Å². The summed E-state index contributed by atoms with van der Waals surface area (Å²) in [6, 6.07) is 21.2. The summed E-state index contributed by atoms with van der Waals surface area (Å²) in [5.74, 6) is 0.106. The number of benzene rings is 3. The van der Waals surface area contributed by atoms with Crippen molar-refractivity contribution in [1.29, 1.82) is 0 Å². The van der Waals surface area contributed by atoms with Crippen LogP contribution in [0.1, 0.15) is 24.1 Å². The van der Waals surface area contributed by atoms with Crippen molar-refractivity contribution in [3.63, 3.8) is 0 Å². The van der Waals surface area contributed by atoms with E-state index in [1.54, 1.807) is 6.92 Å². The van der Waals surface area contributed by atoms with Crippen molar-refractivity contribution in [2.75, 3.05) is 10.6 Å². The molecule has 33 heavy (non-hydrogen) atoms. The van der Waals surface area contributed by atoms with Crippen LogP contribution in [0.25, 0.3) is 11.0 Å². The largest absolute Gasteiger partial charge is 0.416 e. The van der Waals surface area contributed by atoms with Gasteiger partial charge >= 0.3 is 6.18 Å². The van der Waals surface area contributed by atoms with Crippen LogP contribution in [0.5, 0.6) is 0 Å². The molecule has 5 nitrogen and oxygen atoms in total. The number of amides is 1. The van der Waals surface area contributed by atoms with E-state index in [2.05, 4.69) is 15.6 Å². The molecule has 1 atom stereocenters. The maximum absolute atomic E-state index is 13.5. The fraction of sp³-hybridized carbons (Fsp3) is 0.120. The van der Waals surface area contributed by atoms with Crippen molar-refractivity contribution in [3.8, 4) is 0 Å². The molecule has 4 aromatic rings. The first-order valence-electron chi connectivity index (χ1n) is 10.3. The summed E-state index contributed by atoms with van der Waals surface area (Å²) in [4.78, 5) is 18.1. The number of halogens is 3. The first-order valence-corrected chi connectivity index (χ1v) is 10.3. The van der Waals surface area contributed by atoms with Gasteiger partial charge in [0.2, 0.25) is 5.95 Å². The van der Waals surface area contributed by atoms with E-state index in [0.717, 1.165) is 28.7 Å². The summed E-state index contributed by atoms with van der Waals surface area (Å²) in [5.41, 5.74) is 2.69. The number of carbonyl (C=O) groups excluding carboxylic acids is 1. The smallest absolute Gasteiger partial charge is 0.329 e. The third kappa shape index (κ3) is 3.73. The lowest BCUT2D eigenvalue weighted by atomic mass is 9.94. The molecule has 0 bridgehead atoms. The SMILES string of the molecule is CC1=C(C(=O)Nc2cccc(C(F)(F)F)c2)[C@H](c2ccccc2)n2c(nc3ccccc32)N1. The van der Waals surface area contributed by atoms with Gasteiger partial charge < -0.3 is 10.6 Å². The van der Waals surface area contributed by atoms with Gasteiger partial charge in [-0.25, -0.2) is 4.98 Å². The number of alkyl halides is 3. The second kappa shape index (κ2) is 7.81. The molecule has 1 amide bonds. The average molecular weight is 448 g/mol. The van der Waals surface area contributed by atoms with E-state index in [-0.39, 0.29) is 5.69 Å². The summed E-state index contributed by atoms with van der Waals surface area (Å²) in [6.07, 6.45) is -4.50. The molecule has 2 N–H and O–H groups in total. The van der Waals surface area contributed by atoms with Crippen molar-refractivity contribution in [3.05, 3.63) is 101 Å². The first kappa shape index (κ1) is 20.8. The van der Waals surface area contributed by atoms with Gasteiger partial charge in [0.1, 0.15) is 0 Å². The minimum absolute atomic E-state index is 0.0724. The van der Waals surface area contributed by atoms with Crippen LogP contribution in [0, 0.1) is 0 Å². The highest BCUT2D eigenvalue weighted by Crippen LogP contribution is 2.39. The van der Waals surface area contributed by atoms with E-state index < -0.39 is 23.7 Å². The van der Waals surface area contributed by atoms with E-state index in [9.17, 15) is 18.0 Å². The maximum Gasteiger partial charge on any atom is 0.416 e. The normalized spacial score (nSPS) is 15.8. The Morgan fingerprint density at radius 1 is 1.00 bits per heavy atom. The second-order valence-electron chi connectivity index (χ2n) is 7.80. The molecular weight excluding hydrogens is 429 g/mol. The molecule has 0 unspecified atom stereocenters. The number of carbonyl (C=O) groups is 1. The molecule has 0 fully saturated rings. The van der Waals surface area contributed by atoms with E-state index >= 15 is 0 Å². The molecule has 8 heteroatoms. The maximum atomic E-state index is 13.5. The number of aromatic nitrogens is 2. The van der Waals surface area contributed by atoms with Gasteiger partial charge in [-0.2, -0.15) is 13.2 Å². The van der Waals surface area contributed by atoms with Crippen molar-refractivity contribution in [2.45, 2.75) is 19.1 Å². The Kier molecular flexibility index (Phi) is 4.92. The lowest BCUT2D eigenvalue weighted by Gasteiger charge is -2.30. The molecular formula is C25H19F3N4O. The van der Waals surface area contributed by atoms with Crippen LogP contribution in [0.3, 0.4) is 0 Å². The van der Waals surface area contributed by atoms with Crippen molar-refractivity contribution < 1.29 is 18.0 Å². The quantitative estimate of drug-likeness (QED) is 0.405. The van der Waals surface area contributed by atoms with E-state index in [4.69, 9.17) is 0 Å². The number of imidazole rings is 1. The van der Waals surface area contributed by atoms with Gasteiger partial charge in [-0.15, -0.1) is 0 Å². The highest BCUT2D eigenvalue weighted by molar-refractivity contribution is 6.06. The van der Waals surface area contributed by atoms with Crippen molar-refractivity contribution >= 4 is 28.6 Å². The number of rotatable bonds is 3. The Labute approximate surface area is 187 Å². The molecule has 1 aromatic heterocycles. The molecule has 3 aromatic carbocycles. The van der Waals surface area contributed by atoms with Crippen molar-refractivity contribution in [2.24, 2.45) is 0 Å². The highest BCUT2D eigenvalue weighted by atomic mass is 19.4. The fourth-order valence-corrected chi connectivity index (χ4v) is 4.18. The lowest BCUT2D eigenvalue weighted by molar-refractivity contribution is -0.137. The molecule has 2 heterocycles. The standard InChI is InChI=1S/C25H19F3N4O/c1-15-21(23(33)30-18-11-7-10-17(14-18)25(26,27)28)22(16-8-3-2-4-9-16)32-20-13-6-5-12-19(20)31-24(32)29-15/h2-14,22H,1H3,(H,29,31)(H,30,33)/t22-/m0/s1. The second-order valence-corrected chi connectivity index (χ2v) is 7.80. The van der Waals surface area contributed by atoms with Gasteiger partial charge in [-0.1, -0.05) is 48.5 Å². The molecule has 0 aliphatic carbocycles. The number of nitrogens with one attached hydrogen (secondary N) is 2. The Morgan fingerprint density at radius 3 is 2.48 bits per heavy atom. The molecule has 0 saturated heterocycles. The van der Waals surface area contributed by atoms with Gasteiger partial charge in [0, 0.05) is 11.4 Å². The number of para-hydroxylation sites is 2. The molecule has 0 spiro atoms. The van der Waals surface area contributed by atoms with E-state index in [0.29, 0.717) is 17.2 Å². The predicted octanol–water partition coefficient (Wildman–Crippen LogP) is 5.98. The minimum atomic E-state index is -4.50. The number of allylic oxidation sites excluding steroid dienone is 1. The first-order chi connectivity index (χ1) is 15.8. The molecule has 0 radical (unpaired) electrons.